The van der Waals surface area contributed by atoms with Gasteiger partial charge in [0.05, 0.1) is 0 Å². The van der Waals surface area contributed by atoms with Crippen molar-refractivity contribution >= 4 is 0 Å². The van der Waals surface area contributed by atoms with Crippen LogP contribution in [0, 0.1) is 0 Å². The number of rotatable bonds is 5. The summed E-state index contributed by atoms with van der Waals surface area (Å²) in [7, 11) is 1.68. The first kappa shape index (κ1) is 9.98. The second-order valence-electron chi connectivity index (χ2n) is 3.03. The second kappa shape index (κ2) is 4.81. The molecular weight excluding hydrogens is 170 g/mol. The fourth-order valence-electron chi connectivity index (χ4n) is 1.12. The van der Waals surface area contributed by atoms with E-state index < -0.39 is 0 Å². The highest BCUT2D eigenvalue weighted by molar-refractivity contribution is 4.64. The molecular formula is C8H15N3O2. The summed E-state index contributed by atoms with van der Waals surface area (Å²) < 4.78 is 2.89. The molecule has 0 spiro atoms. The molecule has 0 saturated heterocycles. The third-order valence-electron chi connectivity index (χ3n) is 1.91. The topological polar surface area (TPSA) is 60.1 Å². The van der Waals surface area contributed by atoms with Crippen LogP contribution in [0.3, 0.4) is 0 Å². The zero-order chi connectivity index (χ0) is 9.68. The van der Waals surface area contributed by atoms with Gasteiger partial charge in [-0.15, -0.1) is 0 Å². The predicted octanol–water partition coefficient (Wildman–Crippen LogP) is -0.256. The van der Waals surface area contributed by atoms with Crippen LogP contribution >= 0.6 is 0 Å². The van der Waals surface area contributed by atoms with E-state index in [9.17, 15) is 4.79 Å². The molecule has 1 heterocycles. The van der Waals surface area contributed by atoms with Crippen LogP contribution in [0.2, 0.25) is 0 Å². The largest absolute Gasteiger partial charge is 0.396 e. The van der Waals surface area contributed by atoms with Crippen LogP contribution in [-0.2, 0) is 13.6 Å². The van der Waals surface area contributed by atoms with E-state index in [1.807, 2.05) is 0 Å². The maximum atomic E-state index is 11.2. The molecule has 0 unspecified atom stereocenters. The van der Waals surface area contributed by atoms with Crippen molar-refractivity contribution in [3.8, 4) is 0 Å². The zero-order valence-electron chi connectivity index (χ0n) is 7.81. The molecule has 0 saturated carbocycles. The highest BCUT2D eigenvalue weighted by atomic mass is 16.2. The maximum absolute atomic E-state index is 11.2. The molecule has 0 radical (unpaired) electrons. The summed E-state index contributed by atoms with van der Waals surface area (Å²) in [6.07, 6.45) is 4.12. The van der Waals surface area contributed by atoms with Crippen LogP contribution in [0.15, 0.2) is 11.1 Å². The lowest BCUT2D eigenvalue weighted by Gasteiger charge is -1.98. The van der Waals surface area contributed by atoms with Crippen molar-refractivity contribution in [3.63, 3.8) is 0 Å². The van der Waals surface area contributed by atoms with Crippen molar-refractivity contribution < 1.29 is 5.11 Å². The van der Waals surface area contributed by atoms with Gasteiger partial charge in [-0.25, -0.2) is 9.48 Å². The van der Waals surface area contributed by atoms with E-state index >= 15 is 0 Å². The smallest absolute Gasteiger partial charge is 0.345 e. The Balaban J connectivity index is 2.37. The molecule has 74 valence electrons. The highest BCUT2D eigenvalue weighted by Crippen LogP contribution is 1.95. The van der Waals surface area contributed by atoms with Crippen molar-refractivity contribution in [1.29, 1.82) is 0 Å². The van der Waals surface area contributed by atoms with Crippen LogP contribution in [-0.4, -0.2) is 26.1 Å². The minimum atomic E-state index is -0.0796. The first-order valence-corrected chi connectivity index (χ1v) is 4.45. The summed E-state index contributed by atoms with van der Waals surface area (Å²) in [4.78, 5) is 11.2. The lowest BCUT2D eigenvalue weighted by Crippen LogP contribution is -2.23. The lowest BCUT2D eigenvalue weighted by molar-refractivity contribution is 0.281. The minimum Gasteiger partial charge on any atom is -0.396 e. The Hall–Kier alpha value is -1.10. The third-order valence-corrected chi connectivity index (χ3v) is 1.91. The van der Waals surface area contributed by atoms with Crippen molar-refractivity contribution in [3.05, 3.63) is 16.8 Å². The van der Waals surface area contributed by atoms with E-state index in [2.05, 4.69) is 5.10 Å². The molecule has 0 aromatic carbocycles. The number of unbranched alkanes of at least 4 members (excludes halogenated alkanes) is 2. The summed E-state index contributed by atoms with van der Waals surface area (Å²) in [5.41, 5.74) is -0.0796. The van der Waals surface area contributed by atoms with E-state index in [1.165, 1.54) is 15.6 Å². The Bertz CT molecular complexity index is 303. The molecule has 1 aromatic heterocycles. The number of aromatic nitrogens is 3. The van der Waals surface area contributed by atoms with Gasteiger partial charge in [0.15, 0.2) is 0 Å². The van der Waals surface area contributed by atoms with Gasteiger partial charge in [0, 0.05) is 20.2 Å². The van der Waals surface area contributed by atoms with Crippen LogP contribution in [0.1, 0.15) is 19.3 Å². The quantitative estimate of drug-likeness (QED) is 0.643. The Morgan fingerprint density at radius 3 is 2.77 bits per heavy atom. The highest BCUT2D eigenvalue weighted by Gasteiger charge is 1.99. The molecule has 13 heavy (non-hydrogen) atoms. The molecule has 1 aromatic rings. The molecule has 1 N–H and O–H groups in total. The molecule has 0 atom stereocenters. The fourth-order valence-corrected chi connectivity index (χ4v) is 1.12. The normalized spacial score (nSPS) is 10.6. The van der Waals surface area contributed by atoms with Crippen molar-refractivity contribution in [2.45, 2.75) is 25.8 Å². The summed E-state index contributed by atoms with van der Waals surface area (Å²) >= 11 is 0. The summed E-state index contributed by atoms with van der Waals surface area (Å²) in [5, 5.41) is 12.5. The molecule has 0 aliphatic carbocycles. The first-order chi connectivity index (χ1) is 6.25. The van der Waals surface area contributed by atoms with Crippen LogP contribution in [0.4, 0.5) is 0 Å². The molecule has 5 nitrogen and oxygen atoms in total. The number of aliphatic hydroxyl groups excluding tert-OH is 1. The molecule has 5 heteroatoms. The number of nitrogens with zero attached hydrogens (tertiary/aromatic N) is 3. The SMILES string of the molecule is Cn1cnn(CCCCCO)c1=O. The van der Waals surface area contributed by atoms with Crippen molar-refractivity contribution in [2.24, 2.45) is 7.05 Å². The van der Waals surface area contributed by atoms with Crippen LogP contribution in [0.25, 0.3) is 0 Å². The molecule has 1 rings (SSSR count). The number of hydrogen-bond acceptors (Lipinski definition) is 3. The van der Waals surface area contributed by atoms with E-state index in [-0.39, 0.29) is 12.3 Å². The van der Waals surface area contributed by atoms with Gasteiger partial charge in [0.2, 0.25) is 0 Å². The maximum Gasteiger partial charge on any atom is 0.345 e. The molecule has 0 fully saturated rings. The summed E-state index contributed by atoms with van der Waals surface area (Å²) in [5.74, 6) is 0. The average Bonchev–Trinajstić information content (AvgIpc) is 2.43. The Morgan fingerprint density at radius 2 is 2.23 bits per heavy atom. The molecule has 0 aliphatic rings. The second-order valence-corrected chi connectivity index (χ2v) is 3.03. The van der Waals surface area contributed by atoms with E-state index in [0.717, 1.165) is 19.3 Å². The Kier molecular flexibility index (Phi) is 3.70. The van der Waals surface area contributed by atoms with Gasteiger partial charge >= 0.3 is 5.69 Å². The number of hydrogen-bond donors (Lipinski definition) is 1. The van der Waals surface area contributed by atoms with Gasteiger partial charge in [-0.1, -0.05) is 0 Å². The summed E-state index contributed by atoms with van der Waals surface area (Å²) in [6.45, 7) is 0.858. The average molecular weight is 185 g/mol. The summed E-state index contributed by atoms with van der Waals surface area (Å²) in [6, 6.07) is 0. The van der Waals surface area contributed by atoms with Gasteiger partial charge < -0.3 is 5.11 Å². The lowest BCUT2D eigenvalue weighted by atomic mass is 10.2. The number of aliphatic hydroxyl groups is 1. The molecule has 0 bridgehead atoms. The van der Waals surface area contributed by atoms with Gasteiger partial charge in [-0.3, -0.25) is 4.57 Å². The monoisotopic (exact) mass is 185 g/mol. The molecule has 0 amide bonds. The van der Waals surface area contributed by atoms with Crippen LogP contribution in [0.5, 0.6) is 0 Å². The predicted molar refractivity (Wildman–Crippen MR) is 48.4 cm³/mol. The number of aryl methyl sites for hydroxylation is 2. The van der Waals surface area contributed by atoms with E-state index in [0.29, 0.717) is 6.54 Å². The minimum absolute atomic E-state index is 0.0796. The standard InChI is InChI=1S/C8H15N3O2/c1-10-7-9-11(8(10)13)5-3-2-4-6-12/h7,12H,2-6H2,1H3. The van der Waals surface area contributed by atoms with Crippen molar-refractivity contribution in [2.75, 3.05) is 6.61 Å². The third kappa shape index (κ3) is 2.69. The van der Waals surface area contributed by atoms with Gasteiger partial charge in [-0.05, 0) is 19.3 Å². The van der Waals surface area contributed by atoms with Crippen molar-refractivity contribution in [1.82, 2.24) is 14.3 Å². The van der Waals surface area contributed by atoms with Gasteiger partial charge in [0.25, 0.3) is 0 Å². The Labute approximate surface area is 76.6 Å². The molecule has 0 aliphatic heterocycles. The van der Waals surface area contributed by atoms with Crippen LogP contribution < -0.4 is 5.69 Å². The first-order valence-electron chi connectivity index (χ1n) is 4.45. The van der Waals surface area contributed by atoms with E-state index in [4.69, 9.17) is 5.11 Å². The van der Waals surface area contributed by atoms with Gasteiger partial charge in [-0.2, -0.15) is 5.10 Å². The zero-order valence-corrected chi connectivity index (χ0v) is 7.81. The Morgan fingerprint density at radius 1 is 1.46 bits per heavy atom. The fraction of sp³-hybridized carbons (Fsp3) is 0.750. The van der Waals surface area contributed by atoms with E-state index in [1.54, 1.807) is 7.05 Å². The van der Waals surface area contributed by atoms with Gasteiger partial charge in [0.1, 0.15) is 6.33 Å².